The first-order valence-corrected chi connectivity index (χ1v) is 11.0. The summed E-state index contributed by atoms with van der Waals surface area (Å²) in [7, 11) is 2.08. The van der Waals surface area contributed by atoms with Crippen molar-refractivity contribution >= 4 is 28.7 Å². The van der Waals surface area contributed by atoms with Crippen LogP contribution in [0.2, 0.25) is 0 Å². The number of carbonyl (C=O) groups is 3. The highest BCUT2D eigenvalue weighted by molar-refractivity contribution is 6.01. The number of rotatable bonds is 4. The van der Waals surface area contributed by atoms with Gasteiger partial charge < -0.3 is 15.1 Å². The molecule has 0 amide bonds. The van der Waals surface area contributed by atoms with Gasteiger partial charge in [0.1, 0.15) is 0 Å². The fourth-order valence-corrected chi connectivity index (χ4v) is 3.90. The summed E-state index contributed by atoms with van der Waals surface area (Å²) in [5.74, 6) is -2.67. The zero-order valence-corrected chi connectivity index (χ0v) is 19.3. The van der Waals surface area contributed by atoms with Gasteiger partial charge in [-0.2, -0.15) is 23.0 Å². The molecule has 0 bridgehead atoms. The molecule has 0 atom stereocenters. The number of fused-ring (bicyclic) bond motifs is 1. The second kappa shape index (κ2) is 11.2. The molecule has 0 spiro atoms. The van der Waals surface area contributed by atoms with Crippen LogP contribution in [0.5, 0.6) is 0 Å². The van der Waals surface area contributed by atoms with E-state index in [1.165, 1.54) is 16.8 Å². The van der Waals surface area contributed by atoms with Gasteiger partial charge >= 0.3 is 18.1 Å². The Morgan fingerprint density at radius 3 is 2.03 bits per heavy atom. The number of hydrogen-bond acceptors (Lipinski definition) is 5. The number of nitrogens with zero attached hydrogens (tertiary/aromatic N) is 3. The van der Waals surface area contributed by atoms with Gasteiger partial charge in [0.05, 0.1) is 16.8 Å². The summed E-state index contributed by atoms with van der Waals surface area (Å²) in [5.41, 5.74) is 0.975. The number of aliphatic carboxylic acids is 2. The summed E-state index contributed by atoms with van der Waals surface area (Å²) in [6.07, 6.45) is -1.39. The van der Waals surface area contributed by atoms with Gasteiger partial charge in [-0.15, -0.1) is 0 Å². The number of carbonyl (C=O) groups excluding carboxylic acids is 1. The molecule has 3 aromatic rings. The fourth-order valence-electron chi connectivity index (χ4n) is 3.90. The minimum Gasteiger partial charge on any atom is -0.478 e. The Morgan fingerprint density at radius 2 is 1.50 bits per heavy atom. The molecule has 1 aliphatic heterocycles. The number of carboxylic acids is 2. The Bertz CT molecular complexity index is 1260. The second-order valence-corrected chi connectivity index (χ2v) is 8.28. The molecule has 2 aromatic carbocycles. The van der Waals surface area contributed by atoms with Gasteiger partial charge in [-0.05, 0) is 63.3 Å². The highest BCUT2D eigenvalue weighted by Gasteiger charge is 2.31. The highest BCUT2D eigenvalue weighted by Crippen LogP contribution is 2.33. The van der Waals surface area contributed by atoms with E-state index in [9.17, 15) is 27.6 Å². The van der Waals surface area contributed by atoms with Crippen molar-refractivity contribution in [3.8, 4) is 0 Å². The SMILES string of the molecule is CN1CCC(c2nn(C(=O)c3ccc(C(F)(F)F)cc3)c3ccccc23)CC1.O=C(O)/C=C/C(=O)O. The van der Waals surface area contributed by atoms with E-state index in [2.05, 4.69) is 17.0 Å². The molecule has 2 N–H and O–H groups in total. The molecule has 0 aliphatic carbocycles. The second-order valence-electron chi connectivity index (χ2n) is 8.28. The molecular weight excluding hydrogens is 479 g/mol. The Morgan fingerprint density at radius 1 is 0.944 bits per heavy atom. The maximum absolute atomic E-state index is 13.0. The first kappa shape index (κ1) is 26.6. The van der Waals surface area contributed by atoms with Crippen molar-refractivity contribution in [2.24, 2.45) is 0 Å². The van der Waals surface area contributed by atoms with Gasteiger partial charge in [0.2, 0.25) is 0 Å². The Hall–Kier alpha value is -3.99. The summed E-state index contributed by atoms with van der Waals surface area (Å²) in [5, 5.41) is 21.2. The van der Waals surface area contributed by atoms with E-state index in [0.29, 0.717) is 17.7 Å². The molecule has 0 radical (unpaired) electrons. The van der Waals surface area contributed by atoms with Gasteiger partial charge in [-0.25, -0.2) is 9.59 Å². The monoisotopic (exact) mass is 503 g/mol. The summed E-state index contributed by atoms with van der Waals surface area (Å²) >= 11 is 0. The van der Waals surface area contributed by atoms with Gasteiger partial charge in [0.25, 0.3) is 5.91 Å². The summed E-state index contributed by atoms with van der Waals surface area (Å²) < 4.78 is 39.7. The number of hydrogen-bond donors (Lipinski definition) is 2. The highest BCUT2D eigenvalue weighted by atomic mass is 19.4. The zero-order valence-electron chi connectivity index (χ0n) is 19.3. The van der Waals surface area contributed by atoms with E-state index in [1.807, 2.05) is 24.3 Å². The van der Waals surface area contributed by atoms with Gasteiger partial charge in [-0.1, -0.05) is 18.2 Å². The largest absolute Gasteiger partial charge is 0.478 e. The van der Waals surface area contributed by atoms with Crippen LogP contribution in [0.25, 0.3) is 10.9 Å². The summed E-state index contributed by atoms with van der Waals surface area (Å²) in [4.78, 5) is 34.4. The maximum atomic E-state index is 13.0. The van der Waals surface area contributed by atoms with Crippen molar-refractivity contribution in [3.63, 3.8) is 0 Å². The molecule has 2 heterocycles. The van der Waals surface area contributed by atoms with Crippen LogP contribution in [-0.4, -0.2) is 62.9 Å². The number of piperidine rings is 1. The average molecular weight is 503 g/mol. The molecular formula is C25H24F3N3O5. The van der Waals surface area contributed by atoms with Gasteiger partial charge in [-0.3, -0.25) is 4.79 Å². The van der Waals surface area contributed by atoms with Gasteiger partial charge in [0, 0.05) is 29.0 Å². The molecule has 8 nitrogen and oxygen atoms in total. The van der Waals surface area contributed by atoms with Crippen LogP contribution in [0, 0.1) is 0 Å². The van der Waals surface area contributed by atoms with E-state index in [-0.39, 0.29) is 11.5 Å². The minimum atomic E-state index is -4.43. The van der Waals surface area contributed by atoms with Crippen LogP contribution in [-0.2, 0) is 15.8 Å². The zero-order chi connectivity index (χ0) is 26.5. The van der Waals surface area contributed by atoms with Crippen LogP contribution in [0.4, 0.5) is 13.2 Å². The predicted octanol–water partition coefficient (Wildman–Crippen LogP) is 4.26. The summed E-state index contributed by atoms with van der Waals surface area (Å²) in [6.45, 7) is 1.94. The van der Waals surface area contributed by atoms with E-state index in [4.69, 9.17) is 10.2 Å². The van der Waals surface area contributed by atoms with Crippen LogP contribution < -0.4 is 0 Å². The van der Waals surface area contributed by atoms with E-state index in [0.717, 1.165) is 49.1 Å². The molecule has 11 heteroatoms. The normalized spacial score (nSPS) is 15.0. The number of para-hydroxylation sites is 1. The lowest BCUT2D eigenvalue weighted by atomic mass is 9.92. The smallest absolute Gasteiger partial charge is 0.416 e. The van der Waals surface area contributed by atoms with E-state index < -0.39 is 29.6 Å². The molecule has 4 rings (SSSR count). The molecule has 1 saturated heterocycles. The van der Waals surface area contributed by atoms with Crippen LogP contribution in [0.3, 0.4) is 0 Å². The number of alkyl halides is 3. The van der Waals surface area contributed by atoms with Gasteiger partial charge in [0.15, 0.2) is 0 Å². The van der Waals surface area contributed by atoms with E-state index >= 15 is 0 Å². The van der Waals surface area contributed by atoms with Crippen LogP contribution in [0.15, 0.2) is 60.7 Å². The first-order chi connectivity index (χ1) is 17.0. The Labute approximate surface area is 204 Å². The third kappa shape index (κ3) is 6.57. The predicted molar refractivity (Wildman–Crippen MR) is 125 cm³/mol. The van der Waals surface area contributed by atoms with Crippen molar-refractivity contribution in [2.45, 2.75) is 24.9 Å². The lowest BCUT2D eigenvalue weighted by Crippen LogP contribution is -2.29. The molecule has 0 saturated carbocycles. The first-order valence-electron chi connectivity index (χ1n) is 11.0. The maximum Gasteiger partial charge on any atom is 0.416 e. The fraction of sp³-hybridized carbons (Fsp3) is 0.280. The van der Waals surface area contributed by atoms with Crippen LogP contribution >= 0.6 is 0 Å². The van der Waals surface area contributed by atoms with Crippen LogP contribution in [0.1, 0.15) is 40.4 Å². The van der Waals surface area contributed by atoms with Crippen molar-refractivity contribution in [1.29, 1.82) is 0 Å². The number of carboxylic acid groups (broad SMARTS) is 2. The molecule has 1 aromatic heterocycles. The Kier molecular flexibility index (Phi) is 8.25. The van der Waals surface area contributed by atoms with Crippen molar-refractivity contribution in [1.82, 2.24) is 14.7 Å². The molecule has 36 heavy (non-hydrogen) atoms. The third-order valence-corrected chi connectivity index (χ3v) is 5.74. The van der Waals surface area contributed by atoms with Crippen molar-refractivity contribution in [3.05, 3.63) is 77.5 Å². The number of likely N-dealkylation sites (tertiary alicyclic amines) is 1. The topological polar surface area (TPSA) is 113 Å². The Balaban J connectivity index is 0.000000392. The number of benzene rings is 2. The third-order valence-electron chi connectivity index (χ3n) is 5.74. The number of halogens is 3. The molecule has 190 valence electrons. The van der Waals surface area contributed by atoms with Crippen molar-refractivity contribution < 1.29 is 37.8 Å². The summed E-state index contributed by atoms with van der Waals surface area (Å²) in [6, 6.07) is 11.8. The molecule has 0 unspecified atom stereocenters. The average Bonchev–Trinajstić information content (AvgIpc) is 3.22. The lowest BCUT2D eigenvalue weighted by molar-refractivity contribution is -0.137. The van der Waals surface area contributed by atoms with E-state index in [1.54, 1.807) is 0 Å². The molecule has 1 aliphatic rings. The minimum absolute atomic E-state index is 0.177. The lowest BCUT2D eigenvalue weighted by Gasteiger charge is -2.28. The standard InChI is InChI=1S/C21H20F3N3O.C4H4O4/c1-26-12-10-14(11-13-26)19-17-4-2-3-5-18(17)27(25-19)20(28)15-6-8-16(9-7-15)21(22,23)24;5-3(6)1-2-4(7)8/h2-9,14H,10-13H2,1H3;1-2H,(H,5,6)(H,7,8)/b;2-1+. The quantitative estimate of drug-likeness (QED) is 0.512. The van der Waals surface area contributed by atoms with Crippen molar-refractivity contribution in [2.75, 3.05) is 20.1 Å². The molecule has 1 fully saturated rings. The number of aromatic nitrogens is 2.